The first-order valence-electron chi connectivity index (χ1n) is 6.28. The molecular weight excluding hydrogens is 288 g/mol. The molecule has 7 heteroatoms. The van der Waals surface area contributed by atoms with Gasteiger partial charge in [0, 0.05) is 11.8 Å². The van der Waals surface area contributed by atoms with Gasteiger partial charge in [0.05, 0.1) is 11.5 Å². The van der Waals surface area contributed by atoms with E-state index >= 15 is 0 Å². The number of hydrogen-bond acceptors (Lipinski definition) is 5. The van der Waals surface area contributed by atoms with E-state index in [0.717, 1.165) is 0 Å². The minimum atomic E-state index is -1.08. The van der Waals surface area contributed by atoms with Crippen molar-refractivity contribution in [1.29, 1.82) is 5.26 Å². The van der Waals surface area contributed by atoms with Gasteiger partial charge in [-0.15, -0.1) is 0 Å². The highest BCUT2D eigenvalue weighted by molar-refractivity contribution is 6.02. The number of dihydropyridines is 1. The number of carboxylic acid groups (broad SMARTS) is 2. The molecule has 2 unspecified atom stereocenters. The SMILES string of the molecule is CC1(C(=O)O)C=CC=C(C(=O)O)C1.N#CC1N=CC=CC1=O. The van der Waals surface area contributed by atoms with Crippen molar-refractivity contribution in [3.8, 4) is 6.07 Å². The fraction of sp³-hybridized carbons (Fsp3) is 0.267. The second-order valence-electron chi connectivity index (χ2n) is 4.85. The van der Waals surface area contributed by atoms with Crippen LogP contribution in [0.15, 0.2) is 40.9 Å². The molecule has 2 atom stereocenters. The average molecular weight is 302 g/mol. The van der Waals surface area contributed by atoms with E-state index in [-0.39, 0.29) is 17.8 Å². The zero-order valence-corrected chi connectivity index (χ0v) is 11.8. The number of hydrogen-bond donors (Lipinski definition) is 2. The van der Waals surface area contributed by atoms with Crippen molar-refractivity contribution in [2.75, 3.05) is 0 Å². The summed E-state index contributed by atoms with van der Waals surface area (Å²) in [5.41, 5.74) is -0.949. The summed E-state index contributed by atoms with van der Waals surface area (Å²) in [4.78, 5) is 35.6. The van der Waals surface area contributed by atoms with Gasteiger partial charge < -0.3 is 10.2 Å². The van der Waals surface area contributed by atoms with Gasteiger partial charge in [0.2, 0.25) is 0 Å². The molecule has 2 rings (SSSR count). The van der Waals surface area contributed by atoms with Gasteiger partial charge in [-0.2, -0.15) is 5.26 Å². The molecule has 0 aromatic heterocycles. The number of allylic oxidation sites excluding steroid dienone is 3. The Labute approximate surface area is 126 Å². The highest BCUT2D eigenvalue weighted by atomic mass is 16.4. The lowest BCUT2D eigenvalue weighted by Gasteiger charge is -2.23. The van der Waals surface area contributed by atoms with Gasteiger partial charge in [0.15, 0.2) is 11.8 Å². The summed E-state index contributed by atoms with van der Waals surface area (Å²) < 4.78 is 0. The van der Waals surface area contributed by atoms with E-state index in [9.17, 15) is 14.4 Å². The molecule has 1 aliphatic carbocycles. The quantitative estimate of drug-likeness (QED) is 0.787. The van der Waals surface area contributed by atoms with E-state index in [1.807, 2.05) is 0 Å². The maximum Gasteiger partial charge on any atom is 0.331 e. The molecule has 0 saturated heterocycles. The predicted octanol–water partition coefficient (Wildman–Crippen LogP) is 1.14. The summed E-state index contributed by atoms with van der Waals surface area (Å²) in [5, 5.41) is 25.7. The Kier molecular flexibility index (Phi) is 5.52. The third-order valence-electron chi connectivity index (χ3n) is 3.06. The predicted molar refractivity (Wildman–Crippen MR) is 77.3 cm³/mol. The van der Waals surface area contributed by atoms with Crippen LogP contribution in [0.3, 0.4) is 0 Å². The first-order valence-corrected chi connectivity index (χ1v) is 6.28. The summed E-state index contributed by atoms with van der Waals surface area (Å²) in [6.45, 7) is 1.50. The highest BCUT2D eigenvalue weighted by Gasteiger charge is 2.34. The van der Waals surface area contributed by atoms with Crippen LogP contribution in [-0.2, 0) is 14.4 Å². The Morgan fingerprint density at radius 1 is 1.41 bits per heavy atom. The number of aliphatic carboxylic acids is 2. The van der Waals surface area contributed by atoms with Crippen molar-refractivity contribution in [2.24, 2.45) is 10.4 Å². The molecule has 0 radical (unpaired) electrons. The third kappa shape index (κ3) is 4.24. The Hall–Kier alpha value is -3.01. The molecule has 7 nitrogen and oxygen atoms in total. The lowest BCUT2D eigenvalue weighted by Crippen LogP contribution is -2.28. The van der Waals surface area contributed by atoms with Gasteiger partial charge in [-0.1, -0.05) is 18.2 Å². The fourth-order valence-electron chi connectivity index (χ4n) is 1.72. The molecule has 1 aliphatic heterocycles. The molecular formula is C15H14N2O5. The van der Waals surface area contributed by atoms with Gasteiger partial charge in [0.25, 0.3) is 0 Å². The molecule has 2 aliphatic rings. The summed E-state index contributed by atoms with van der Waals surface area (Å²) in [6.07, 6.45) is 8.76. The lowest BCUT2D eigenvalue weighted by atomic mass is 9.80. The first-order chi connectivity index (χ1) is 10.3. The Balaban J connectivity index is 0.000000235. The second-order valence-corrected chi connectivity index (χ2v) is 4.85. The van der Waals surface area contributed by atoms with Crippen LogP contribution in [0.1, 0.15) is 13.3 Å². The van der Waals surface area contributed by atoms with E-state index < -0.39 is 23.4 Å². The van der Waals surface area contributed by atoms with Gasteiger partial charge in [-0.3, -0.25) is 14.6 Å². The van der Waals surface area contributed by atoms with Crippen molar-refractivity contribution in [1.82, 2.24) is 0 Å². The van der Waals surface area contributed by atoms with Crippen LogP contribution in [0.4, 0.5) is 0 Å². The van der Waals surface area contributed by atoms with Crippen LogP contribution in [0.2, 0.25) is 0 Å². The van der Waals surface area contributed by atoms with Gasteiger partial charge >= 0.3 is 11.9 Å². The fourth-order valence-corrected chi connectivity index (χ4v) is 1.72. The van der Waals surface area contributed by atoms with E-state index in [2.05, 4.69) is 4.99 Å². The van der Waals surface area contributed by atoms with Crippen LogP contribution < -0.4 is 0 Å². The van der Waals surface area contributed by atoms with Gasteiger partial charge in [-0.05, 0) is 25.5 Å². The molecule has 0 spiro atoms. The molecule has 22 heavy (non-hydrogen) atoms. The first kappa shape index (κ1) is 17.0. The van der Waals surface area contributed by atoms with E-state index in [0.29, 0.717) is 0 Å². The smallest absolute Gasteiger partial charge is 0.331 e. The Morgan fingerprint density at radius 2 is 2.09 bits per heavy atom. The van der Waals surface area contributed by atoms with Crippen molar-refractivity contribution >= 4 is 23.9 Å². The van der Waals surface area contributed by atoms with Crippen molar-refractivity contribution < 1.29 is 24.6 Å². The number of nitrogens with zero attached hydrogens (tertiary/aromatic N) is 2. The normalized spacial score (nSPS) is 25.5. The van der Waals surface area contributed by atoms with Crippen LogP contribution in [0.25, 0.3) is 0 Å². The zero-order valence-electron chi connectivity index (χ0n) is 11.8. The standard InChI is InChI=1S/C9H10O4.C6H4N2O/c1-9(8(12)13)4-2-3-6(5-9)7(10)11;7-4-5-6(9)2-1-3-8-5/h2-4H,5H2,1H3,(H,10,11)(H,12,13);1-3,5H. The largest absolute Gasteiger partial charge is 0.481 e. The van der Waals surface area contributed by atoms with E-state index in [1.54, 1.807) is 6.07 Å². The summed E-state index contributed by atoms with van der Waals surface area (Å²) in [7, 11) is 0. The molecule has 0 fully saturated rings. The summed E-state index contributed by atoms with van der Waals surface area (Å²) >= 11 is 0. The van der Waals surface area contributed by atoms with E-state index in [4.69, 9.17) is 15.5 Å². The Morgan fingerprint density at radius 3 is 2.55 bits per heavy atom. The number of carbonyl (C=O) groups is 3. The summed E-state index contributed by atoms with van der Waals surface area (Å²) in [5.74, 6) is -2.30. The minimum Gasteiger partial charge on any atom is -0.481 e. The average Bonchev–Trinajstić information content (AvgIpc) is 2.48. The number of rotatable bonds is 2. The number of aliphatic imine (C=N–C) groups is 1. The van der Waals surface area contributed by atoms with Crippen molar-refractivity contribution in [2.45, 2.75) is 19.4 Å². The van der Waals surface area contributed by atoms with Crippen LogP contribution >= 0.6 is 0 Å². The molecule has 1 heterocycles. The number of carbonyl (C=O) groups excluding carboxylic acids is 1. The molecule has 2 N–H and O–H groups in total. The Bertz CT molecular complexity index is 651. The molecule has 0 bridgehead atoms. The van der Waals surface area contributed by atoms with Crippen LogP contribution in [0.5, 0.6) is 0 Å². The molecule has 0 aromatic carbocycles. The number of nitriles is 1. The second kappa shape index (κ2) is 7.13. The van der Waals surface area contributed by atoms with Crippen LogP contribution in [0, 0.1) is 16.7 Å². The van der Waals surface area contributed by atoms with Gasteiger partial charge in [-0.25, -0.2) is 4.79 Å². The van der Waals surface area contributed by atoms with Crippen molar-refractivity contribution in [3.05, 3.63) is 36.0 Å². The van der Waals surface area contributed by atoms with Crippen molar-refractivity contribution in [3.63, 3.8) is 0 Å². The number of carboxylic acids is 2. The third-order valence-corrected chi connectivity index (χ3v) is 3.06. The highest BCUT2D eigenvalue weighted by Crippen LogP contribution is 2.31. The minimum absolute atomic E-state index is 0.0359. The van der Waals surface area contributed by atoms with Crippen LogP contribution in [-0.4, -0.2) is 40.2 Å². The molecule has 114 valence electrons. The zero-order chi connectivity index (χ0) is 16.8. The lowest BCUT2D eigenvalue weighted by molar-refractivity contribution is -0.145. The summed E-state index contributed by atoms with van der Waals surface area (Å²) in [6, 6.07) is 0.959. The maximum absolute atomic E-state index is 10.8. The van der Waals surface area contributed by atoms with E-state index in [1.165, 1.54) is 43.5 Å². The molecule has 0 saturated carbocycles. The molecule has 0 aromatic rings. The topological polar surface area (TPSA) is 128 Å². The molecule has 0 amide bonds. The monoisotopic (exact) mass is 302 g/mol. The van der Waals surface area contributed by atoms with Gasteiger partial charge in [0.1, 0.15) is 0 Å². The number of ketones is 1. The maximum atomic E-state index is 10.8.